The quantitative estimate of drug-likeness (QED) is 0.470. The second-order valence-electron chi connectivity index (χ2n) is 4.68. The minimum absolute atomic E-state index is 0.0388. The lowest BCUT2D eigenvalue weighted by atomic mass is 10.2. The van der Waals surface area contributed by atoms with Crippen molar-refractivity contribution in [3.63, 3.8) is 0 Å². The molecule has 26 heavy (non-hydrogen) atoms. The zero-order valence-electron chi connectivity index (χ0n) is 13.0. The first kappa shape index (κ1) is 22.3. The summed E-state index contributed by atoms with van der Waals surface area (Å²) in [4.78, 5) is 11.5. The molecule has 1 aromatic carbocycles. The molecule has 0 aromatic heterocycles. The normalized spacial score (nSPS) is 13.4. The third-order valence-corrected chi connectivity index (χ3v) is 5.96. The van der Waals surface area contributed by atoms with E-state index in [1.807, 2.05) is 0 Å². The number of alkyl halides is 4. The van der Waals surface area contributed by atoms with E-state index in [0.717, 1.165) is 0 Å². The number of hydrogen-bond donors (Lipinski definition) is 1. The Morgan fingerprint density at radius 1 is 1.08 bits per heavy atom. The highest BCUT2D eigenvalue weighted by Crippen LogP contribution is 2.41. The third kappa shape index (κ3) is 5.12. The fraction of sp³-hybridized carbons (Fsp3) is 0.417. The molecular formula is C12H13F4NO7S2. The van der Waals surface area contributed by atoms with E-state index in [1.165, 1.54) is 24.3 Å². The molecule has 0 spiro atoms. The molecule has 0 saturated carbocycles. The fourth-order valence-corrected chi connectivity index (χ4v) is 3.75. The summed E-state index contributed by atoms with van der Waals surface area (Å²) in [7, 11) is -11.2. The minimum atomic E-state index is -6.38. The van der Waals surface area contributed by atoms with E-state index in [0.29, 0.717) is 11.2 Å². The predicted molar refractivity (Wildman–Crippen MR) is 79.2 cm³/mol. The Morgan fingerprint density at radius 3 is 2.12 bits per heavy atom. The zero-order chi connectivity index (χ0) is 20.2. The Morgan fingerprint density at radius 2 is 1.62 bits per heavy atom. The monoisotopic (exact) mass is 423 g/mol. The molecule has 0 aliphatic rings. The Hall–Kier alpha value is -1.77. The number of nitrogens with one attached hydrogen (secondary N) is 1. The van der Waals surface area contributed by atoms with Crippen LogP contribution >= 0.6 is 0 Å². The molecule has 148 valence electrons. The molecule has 1 aromatic rings. The molecule has 8 nitrogen and oxygen atoms in total. The first-order valence-corrected chi connectivity index (χ1v) is 9.46. The van der Waals surface area contributed by atoms with Gasteiger partial charge in [0.2, 0.25) is 0 Å². The fourth-order valence-electron chi connectivity index (χ4n) is 1.49. The van der Waals surface area contributed by atoms with Crippen LogP contribution in [0.2, 0.25) is 0 Å². The maximum absolute atomic E-state index is 13.6. The Bertz CT molecular complexity index is 842. The average molecular weight is 423 g/mol. The smallest absolute Gasteiger partial charge is 0.421 e. The number of carbonyl (C=O) groups is 1. The SMILES string of the molecule is COS(=O)(=O)NS(=O)(=O)C(F)(F)C(F)(F)CCOC(=O)c1ccccc1. The van der Waals surface area contributed by atoms with Crippen molar-refractivity contribution in [1.29, 1.82) is 0 Å². The topological polar surface area (TPSA) is 116 Å². The van der Waals surface area contributed by atoms with E-state index in [4.69, 9.17) is 0 Å². The molecule has 0 fully saturated rings. The molecule has 0 aliphatic heterocycles. The van der Waals surface area contributed by atoms with E-state index in [1.54, 1.807) is 6.07 Å². The van der Waals surface area contributed by atoms with Crippen molar-refractivity contribution in [3.8, 4) is 0 Å². The Labute approximate surface area is 146 Å². The van der Waals surface area contributed by atoms with Crippen molar-refractivity contribution in [3.05, 3.63) is 35.9 Å². The van der Waals surface area contributed by atoms with E-state index in [2.05, 4.69) is 8.92 Å². The molecule has 0 radical (unpaired) electrons. The van der Waals surface area contributed by atoms with Crippen LogP contribution in [0.15, 0.2) is 30.3 Å². The molecule has 0 aliphatic carbocycles. The molecule has 0 amide bonds. The standard InChI is InChI=1S/C12H13F4NO7S2/c1-23-26(21,22)17-25(19,20)12(15,16)11(13,14)7-8-24-10(18)9-5-3-2-4-6-9/h2-6,17H,7-8H2,1H3. The maximum atomic E-state index is 13.6. The second-order valence-corrected chi connectivity index (χ2v) is 8.11. The van der Waals surface area contributed by atoms with Crippen LogP contribution < -0.4 is 4.13 Å². The van der Waals surface area contributed by atoms with Gasteiger partial charge >= 0.3 is 27.5 Å². The van der Waals surface area contributed by atoms with Gasteiger partial charge in [-0.05, 0) is 12.1 Å². The molecule has 0 bridgehead atoms. The number of hydrogen-bond acceptors (Lipinski definition) is 7. The highest BCUT2D eigenvalue weighted by atomic mass is 32.3. The largest absolute Gasteiger partial charge is 0.462 e. The van der Waals surface area contributed by atoms with Gasteiger partial charge in [0, 0.05) is 0 Å². The van der Waals surface area contributed by atoms with Gasteiger partial charge < -0.3 is 4.74 Å². The summed E-state index contributed by atoms with van der Waals surface area (Å²) in [5.74, 6) is -6.34. The molecule has 1 rings (SSSR count). The maximum Gasteiger partial charge on any atom is 0.421 e. The Kier molecular flexibility index (Phi) is 6.73. The lowest BCUT2D eigenvalue weighted by Gasteiger charge is -2.25. The first-order valence-electron chi connectivity index (χ1n) is 6.57. The molecule has 1 N–H and O–H groups in total. The molecule has 0 saturated heterocycles. The van der Waals surface area contributed by atoms with Gasteiger partial charge in [-0.1, -0.05) is 22.3 Å². The van der Waals surface area contributed by atoms with Crippen LogP contribution in [-0.4, -0.2) is 47.7 Å². The molecule has 0 heterocycles. The van der Waals surface area contributed by atoms with Crippen molar-refractivity contribution < 1.29 is 48.1 Å². The number of esters is 1. The van der Waals surface area contributed by atoms with Crippen LogP contribution in [0, 0.1) is 0 Å². The summed E-state index contributed by atoms with van der Waals surface area (Å²) in [5, 5.41) is -5.83. The zero-order valence-corrected chi connectivity index (χ0v) is 14.6. The predicted octanol–water partition coefficient (Wildman–Crippen LogP) is 1.27. The van der Waals surface area contributed by atoms with E-state index < -0.39 is 50.5 Å². The van der Waals surface area contributed by atoms with Gasteiger partial charge in [0.05, 0.1) is 25.7 Å². The molecule has 0 unspecified atom stereocenters. The van der Waals surface area contributed by atoms with Gasteiger partial charge in [-0.2, -0.15) is 26.0 Å². The number of ether oxygens (including phenoxy) is 1. The van der Waals surface area contributed by atoms with Gasteiger partial charge in [0.1, 0.15) is 0 Å². The summed E-state index contributed by atoms with van der Waals surface area (Å²) < 4.78 is 107. The highest BCUT2D eigenvalue weighted by molar-refractivity contribution is 8.03. The lowest BCUT2D eigenvalue weighted by molar-refractivity contribution is -0.165. The van der Waals surface area contributed by atoms with Gasteiger partial charge in [-0.3, -0.25) is 4.18 Å². The number of halogens is 4. The number of carbonyl (C=O) groups excluding carboxylic acids is 1. The first-order chi connectivity index (χ1) is 11.8. The Balaban J connectivity index is 2.83. The lowest BCUT2D eigenvalue weighted by Crippen LogP contribution is -2.53. The van der Waals surface area contributed by atoms with Crippen LogP contribution in [-0.2, 0) is 29.2 Å². The molecule has 14 heteroatoms. The van der Waals surface area contributed by atoms with Crippen LogP contribution in [0.4, 0.5) is 17.6 Å². The van der Waals surface area contributed by atoms with Crippen molar-refractivity contribution in [2.24, 2.45) is 0 Å². The number of benzene rings is 1. The number of rotatable bonds is 9. The van der Waals surface area contributed by atoms with Crippen LogP contribution in [0.3, 0.4) is 0 Å². The minimum Gasteiger partial charge on any atom is -0.462 e. The van der Waals surface area contributed by atoms with E-state index >= 15 is 0 Å². The summed E-state index contributed by atoms with van der Waals surface area (Å²) in [5.41, 5.74) is -0.0388. The van der Waals surface area contributed by atoms with Crippen molar-refractivity contribution >= 4 is 26.3 Å². The molecule has 0 atom stereocenters. The average Bonchev–Trinajstić information content (AvgIpc) is 2.54. The summed E-state index contributed by atoms with van der Waals surface area (Å²) >= 11 is 0. The number of sulfonamides is 1. The van der Waals surface area contributed by atoms with Crippen LogP contribution in [0.5, 0.6) is 0 Å². The van der Waals surface area contributed by atoms with Crippen molar-refractivity contribution in [2.75, 3.05) is 13.7 Å². The van der Waals surface area contributed by atoms with E-state index in [-0.39, 0.29) is 5.56 Å². The third-order valence-electron chi connectivity index (χ3n) is 2.85. The van der Waals surface area contributed by atoms with Crippen LogP contribution in [0.1, 0.15) is 16.8 Å². The van der Waals surface area contributed by atoms with Gasteiger partial charge in [0.25, 0.3) is 10.0 Å². The van der Waals surface area contributed by atoms with Gasteiger partial charge in [-0.25, -0.2) is 13.2 Å². The summed E-state index contributed by atoms with van der Waals surface area (Å²) in [6, 6.07) is 6.98. The highest BCUT2D eigenvalue weighted by Gasteiger charge is 2.66. The van der Waals surface area contributed by atoms with E-state index in [9.17, 15) is 39.2 Å². The second kappa shape index (κ2) is 7.85. The van der Waals surface area contributed by atoms with Crippen LogP contribution in [0.25, 0.3) is 0 Å². The van der Waals surface area contributed by atoms with Crippen molar-refractivity contribution in [1.82, 2.24) is 4.13 Å². The van der Waals surface area contributed by atoms with Gasteiger partial charge in [0.15, 0.2) is 0 Å². The van der Waals surface area contributed by atoms with Crippen molar-refractivity contribution in [2.45, 2.75) is 17.6 Å². The van der Waals surface area contributed by atoms with Gasteiger partial charge in [-0.15, -0.1) is 0 Å². The molecular weight excluding hydrogens is 410 g/mol. The summed E-state index contributed by atoms with van der Waals surface area (Å²) in [6.45, 7) is -1.25. The summed E-state index contributed by atoms with van der Waals surface area (Å²) in [6.07, 6.45) is -1.88.